The lowest BCUT2D eigenvalue weighted by Crippen LogP contribution is -2.53. The first-order valence-corrected chi connectivity index (χ1v) is 9.29. The molecule has 0 bridgehead atoms. The Morgan fingerprint density at radius 1 is 1.07 bits per heavy atom. The molecular weight excluding hydrogens is 419 g/mol. The minimum absolute atomic E-state index is 0.0748. The lowest BCUT2D eigenvalue weighted by Gasteiger charge is -2.38. The maximum atomic E-state index is 13.2. The second-order valence-corrected chi connectivity index (χ2v) is 7.18. The number of halogens is 7. The SMILES string of the molecule is C[C@@H](O[C@H]1OCCN[C@H]1C1C=CC(F)=CC1)c1cc(C(F)(F)F)cc(C(F)(F)F)c1. The molecular formula is C20H20F7NO2. The van der Waals surface area contributed by atoms with Gasteiger partial charge in [0.2, 0.25) is 0 Å². The molecule has 3 rings (SSSR count). The van der Waals surface area contributed by atoms with Gasteiger partial charge in [0.1, 0.15) is 5.83 Å². The molecule has 0 radical (unpaired) electrons. The summed E-state index contributed by atoms with van der Waals surface area (Å²) in [6, 6.07) is 0.925. The molecule has 3 nitrogen and oxygen atoms in total. The van der Waals surface area contributed by atoms with Gasteiger partial charge >= 0.3 is 12.4 Å². The summed E-state index contributed by atoms with van der Waals surface area (Å²) in [5.74, 6) is -0.577. The average molecular weight is 439 g/mol. The first-order valence-electron chi connectivity index (χ1n) is 9.29. The molecule has 166 valence electrons. The molecule has 1 N–H and O–H groups in total. The molecule has 1 aromatic carbocycles. The molecule has 10 heteroatoms. The molecule has 0 amide bonds. The molecule has 0 spiro atoms. The number of alkyl halides is 6. The number of ether oxygens (including phenoxy) is 2. The molecule has 1 aromatic rings. The minimum Gasteiger partial charge on any atom is -0.350 e. The lowest BCUT2D eigenvalue weighted by molar-refractivity contribution is -0.204. The van der Waals surface area contributed by atoms with E-state index >= 15 is 0 Å². The van der Waals surface area contributed by atoms with Crippen LogP contribution in [0.5, 0.6) is 0 Å². The van der Waals surface area contributed by atoms with E-state index in [1.807, 2.05) is 0 Å². The van der Waals surface area contributed by atoms with Gasteiger partial charge in [-0.3, -0.25) is 0 Å². The second-order valence-electron chi connectivity index (χ2n) is 7.18. The van der Waals surface area contributed by atoms with Crippen LogP contribution in [0.3, 0.4) is 0 Å². The van der Waals surface area contributed by atoms with Crippen molar-refractivity contribution in [2.24, 2.45) is 5.92 Å². The normalized spacial score (nSPS) is 26.4. The van der Waals surface area contributed by atoms with E-state index in [4.69, 9.17) is 9.47 Å². The molecule has 0 aromatic heterocycles. The summed E-state index contributed by atoms with van der Waals surface area (Å²) in [6.07, 6.45) is -7.23. The number of nitrogens with one attached hydrogen (secondary N) is 1. The highest BCUT2D eigenvalue weighted by molar-refractivity contribution is 5.34. The Kier molecular flexibility index (Phi) is 6.59. The van der Waals surface area contributed by atoms with Crippen LogP contribution in [0.4, 0.5) is 30.7 Å². The van der Waals surface area contributed by atoms with Gasteiger partial charge in [0.25, 0.3) is 0 Å². The molecule has 1 heterocycles. The van der Waals surface area contributed by atoms with Crippen LogP contribution in [0.25, 0.3) is 0 Å². The smallest absolute Gasteiger partial charge is 0.350 e. The summed E-state index contributed by atoms with van der Waals surface area (Å²) in [5.41, 5.74) is -3.08. The Balaban J connectivity index is 1.83. The Bertz CT molecular complexity index is 784. The highest BCUT2D eigenvalue weighted by Gasteiger charge is 2.38. The molecule has 2 aliphatic rings. The maximum Gasteiger partial charge on any atom is 0.416 e. The summed E-state index contributed by atoms with van der Waals surface area (Å²) in [6.45, 7) is 2.10. The highest BCUT2D eigenvalue weighted by atomic mass is 19.4. The molecule has 1 fully saturated rings. The predicted molar refractivity (Wildman–Crippen MR) is 93.9 cm³/mol. The van der Waals surface area contributed by atoms with Crippen LogP contribution in [-0.2, 0) is 21.8 Å². The molecule has 1 saturated heterocycles. The van der Waals surface area contributed by atoms with Crippen molar-refractivity contribution in [1.29, 1.82) is 0 Å². The minimum atomic E-state index is -4.94. The fourth-order valence-electron chi connectivity index (χ4n) is 3.45. The Morgan fingerprint density at radius 3 is 2.23 bits per heavy atom. The van der Waals surface area contributed by atoms with Crippen LogP contribution in [0.15, 0.2) is 42.3 Å². The number of benzene rings is 1. The van der Waals surface area contributed by atoms with Gasteiger partial charge in [0, 0.05) is 12.5 Å². The van der Waals surface area contributed by atoms with E-state index in [1.54, 1.807) is 6.08 Å². The van der Waals surface area contributed by atoms with Crippen molar-refractivity contribution in [3.05, 3.63) is 58.9 Å². The molecule has 1 unspecified atom stereocenters. The first kappa shape index (κ1) is 22.8. The molecule has 30 heavy (non-hydrogen) atoms. The molecule has 0 saturated carbocycles. The number of allylic oxidation sites excluding steroid dienone is 3. The van der Waals surface area contributed by atoms with E-state index in [2.05, 4.69) is 5.32 Å². The van der Waals surface area contributed by atoms with Crippen LogP contribution in [-0.4, -0.2) is 25.5 Å². The molecule has 4 atom stereocenters. The van der Waals surface area contributed by atoms with Gasteiger partial charge in [-0.05, 0) is 49.3 Å². The largest absolute Gasteiger partial charge is 0.416 e. The third kappa shape index (κ3) is 5.41. The van der Waals surface area contributed by atoms with Crippen molar-refractivity contribution >= 4 is 0 Å². The summed E-state index contributed by atoms with van der Waals surface area (Å²) >= 11 is 0. The molecule has 1 aliphatic carbocycles. The van der Waals surface area contributed by atoms with Crippen molar-refractivity contribution in [3.63, 3.8) is 0 Å². The van der Waals surface area contributed by atoms with Gasteiger partial charge in [-0.25, -0.2) is 4.39 Å². The van der Waals surface area contributed by atoms with Crippen molar-refractivity contribution in [2.45, 2.75) is 44.1 Å². The number of morpholine rings is 1. The van der Waals surface area contributed by atoms with Crippen molar-refractivity contribution in [3.8, 4) is 0 Å². The van der Waals surface area contributed by atoms with Crippen molar-refractivity contribution in [2.75, 3.05) is 13.2 Å². The first-order chi connectivity index (χ1) is 13.9. The second kappa shape index (κ2) is 8.68. The maximum absolute atomic E-state index is 13.2. The van der Waals surface area contributed by atoms with Gasteiger partial charge in [0.05, 0.1) is 29.9 Å². The third-order valence-electron chi connectivity index (χ3n) is 5.02. The Hall–Kier alpha value is -1.91. The predicted octanol–water partition coefficient (Wildman–Crippen LogP) is 5.55. The lowest BCUT2D eigenvalue weighted by atomic mass is 9.91. The fraction of sp³-hybridized carbons (Fsp3) is 0.500. The quantitative estimate of drug-likeness (QED) is 0.625. The van der Waals surface area contributed by atoms with Crippen LogP contribution in [0.1, 0.15) is 36.1 Å². The van der Waals surface area contributed by atoms with E-state index in [0.29, 0.717) is 25.1 Å². The summed E-state index contributed by atoms with van der Waals surface area (Å²) in [7, 11) is 0. The third-order valence-corrected chi connectivity index (χ3v) is 5.02. The zero-order chi connectivity index (χ0) is 22.1. The summed E-state index contributed by atoms with van der Waals surface area (Å²) in [5, 5.41) is 3.17. The standard InChI is InChI=1S/C20H20F7NO2/c1-11(13-8-14(19(22,23)24)10-15(9-13)20(25,26)27)30-18-17(28-6-7-29-18)12-2-4-16(21)5-3-12/h2,4-5,8-12,17-18,28H,3,6-7H2,1H3/t11-,12?,17+,18-/m1/s1. The highest BCUT2D eigenvalue weighted by Crippen LogP contribution is 2.38. The average Bonchev–Trinajstić information content (AvgIpc) is 2.67. The summed E-state index contributed by atoms with van der Waals surface area (Å²) < 4.78 is 103. The van der Waals surface area contributed by atoms with Crippen molar-refractivity contribution < 1.29 is 40.2 Å². The number of rotatable bonds is 4. The number of hydrogen-bond acceptors (Lipinski definition) is 3. The topological polar surface area (TPSA) is 30.5 Å². The van der Waals surface area contributed by atoms with Gasteiger partial charge < -0.3 is 14.8 Å². The van der Waals surface area contributed by atoms with Crippen molar-refractivity contribution in [1.82, 2.24) is 5.32 Å². The van der Waals surface area contributed by atoms with Crippen LogP contribution in [0, 0.1) is 5.92 Å². The zero-order valence-corrected chi connectivity index (χ0v) is 15.9. The Morgan fingerprint density at radius 2 is 1.70 bits per heavy atom. The van der Waals surface area contributed by atoms with Crippen LogP contribution in [0.2, 0.25) is 0 Å². The van der Waals surface area contributed by atoms with E-state index in [1.165, 1.54) is 19.1 Å². The summed E-state index contributed by atoms with van der Waals surface area (Å²) in [4.78, 5) is 0. The fourth-order valence-corrected chi connectivity index (χ4v) is 3.45. The van der Waals surface area contributed by atoms with Gasteiger partial charge in [0.15, 0.2) is 6.29 Å². The van der Waals surface area contributed by atoms with Gasteiger partial charge in [-0.2, -0.15) is 26.3 Å². The van der Waals surface area contributed by atoms with E-state index in [0.717, 1.165) is 0 Å². The van der Waals surface area contributed by atoms with Gasteiger partial charge in [-0.1, -0.05) is 6.08 Å². The van der Waals surface area contributed by atoms with E-state index in [9.17, 15) is 30.7 Å². The van der Waals surface area contributed by atoms with Crippen LogP contribution < -0.4 is 5.32 Å². The van der Waals surface area contributed by atoms with Crippen LogP contribution >= 0.6 is 0 Å². The van der Waals surface area contributed by atoms with E-state index in [-0.39, 0.29) is 30.0 Å². The number of hydrogen-bond donors (Lipinski definition) is 1. The van der Waals surface area contributed by atoms with E-state index < -0.39 is 41.9 Å². The monoisotopic (exact) mass is 439 g/mol. The Labute approximate surface area is 168 Å². The van der Waals surface area contributed by atoms with Gasteiger partial charge in [-0.15, -0.1) is 0 Å². The zero-order valence-electron chi connectivity index (χ0n) is 15.9. The molecule has 1 aliphatic heterocycles.